The molecule has 1 fully saturated rings. The van der Waals surface area contributed by atoms with E-state index in [9.17, 15) is 34.1 Å². The van der Waals surface area contributed by atoms with Gasteiger partial charge in [0.05, 0.1) is 11.0 Å². The molecule has 2 aromatic carbocycles. The van der Waals surface area contributed by atoms with Gasteiger partial charge in [0.15, 0.2) is 0 Å². The molecule has 7 N–H and O–H groups in total. The van der Waals surface area contributed by atoms with Crippen LogP contribution in [0.25, 0.3) is 0 Å². The number of nitrogens with zero attached hydrogens (tertiary/aromatic N) is 3. The zero-order chi connectivity index (χ0) is 35.4. The van der Waals surface area contributed by atoms with Crippen molar-refractivity contribution in [2.24, 2.45) is 17.4 Å². The van der Waals surface area contributed by atoms with E-state index in [1.54, 1.807) is 18.7 Å². The van der Waals surface area contributed by atoms with E-state index >= 15 is 0 Å². The van der Waals surface area contributed by atoms with Crippen LogP contribution in [0.4, 0.5) is 21.0 Å². The lowest BCUT2D eigenvalue weighted by atomic mass is 10.0. The van der Waals surface area contributed by atoms with Gasteiger partial charge in [-0.15, -0.1) is 0 Å². The maximum atomic E-state index is 13.6. The summed E-state index contributed by atoms with van der Waals surface area (Å²) in [6, 6.07) is 8.28. The van der Waals surface area contributed by atoms with Crippen molar-refractivity contribution in [1.29, 1.82) is 0 Å². The molecule has 0 aromatic heterocycles. The van der Waals surface area contributed by atoms with Crippen molar-refractivity contribution in [2.45, 2.75) is 44.9 Å². The van der Waals surface area contributed by atoms with E-state index in [4.69, 9.17) is 20.9 Å². The number of nitro groups is 1. The SMILES string of the molecule is CC(C)[C@H](N)C(=O)N[C@@H](CCCNC(N)=O)C(=O)Nc1ccc(C(OC(=O)Oc2ccc([N+](=O)[O-])cc2)C(=O)N2CCN(C)CC2)cc1. The topological polar surface area (TPSA) is 242 Å². The van der Waals surface area contributed by atoms with Crippen LogP contribution >= 0.6 is 0 Å². The highest BCUT2D eigenvalue weighted by atomic mass is 16.7. The number of nitrogens with one attached hydrogen (secondary N) is 3. The molecule has 3 atom stereocenters. The van der Waals surface area contributed by atoms with E-state index in [0.717, 1.165) is 12.1 Å². The van der Waals surface area contributed by atoms with Gasteiger partial charge in [0.2, 0.25) is 17.9 Å². The number of hydrogen-bond acceptors (Lipinski definition) is 11. The van der Waals surface area contributed by atoms with Gasteiger partial charge in [0.1, 0.15) is 11.8 Å². The van der Waals surface area contributed by atoms with E-state index in [1.807, 2.05) is 7.05 Å². The molecule has 2 aromatic rings. The second-order valence-corrected chi connectivity index (χ2v) is 11.6. The van der Waals surface area contributed by atoms with Crippen molar-refractivity contribution < 1.29 is 38.4 Å². The van der Waals surface area contributed by atoms with Crippen LogP contribution < -0.4 is 32.2 Å². The molecule has 1 aliphatic heterocycles. The van der Waals surface area contributed by atoms with Crippen LogP contribution in [-0.2, 0) is 19.1 Å². The molecule has 260 valence electrons. The van der Waals surface area contributed by atoms with Crippen LogP contribution in [0.5, 0.6) is 5.75 Å². The third-order valence-electron chi connectivity index (χ3n) is 7.61. The number of carbonyl (C=O) groups excluding carboxylic acids is 5. The first-order valence-electron chi connectivity index (χ1n) is 15.4. The molecule has 0 saturated carbocycles. The Bertz CT molecular complexity index is 1440. The van der Waals surface area contributed by atoms with Crippen LogP contribution in [0, 0.1) is 16.0 Å². The van der Waals surface area contributed by atoms with Crippen LogP contribution in [0.1, 0.15) is 38.4 Å². The quantitative estimate of drug-likeness (QED) is 0.0634. The fourth-order valence-corrected chi connectivity index (χ4v) is 4.63. The number of likely N-dealkylation sites (N-methyl/N-ethyl adjacent to an activating group) is 1. The van der Waals surface area contributed by atoms with Crippen molar-refractivity contribution in [2.75, 3.05) is 45.1 Å². The predicted molar refractivity (Wildman–Crippen MR) is 174 cm³/mol. The first-order chi connectivity index (χ1) is 22.7. The summed E-state index contributed by atoms with van der Waals surface area (Å²) < 4.78 is 10.7. The lowest BCUT2D eigenvalue weighted by Gasteiger charge is -2.34. The van der Waals surface area contributed by atoms with Gasteiger partial charge in [0.25, 0.3) is 11.6 Å². The molecule has 1 saturated heterocycles. The fourth-order valence-electron chi connectivity index (χ4n) is 4.63. The second-order valence-electron chi connectivity index (χ2n) is 11.6. The fraction of sp³-hybridized carbons (Fsp3) is 0.452. The Morgan fingerprint density at radius 1 is 0.958 bits per heavy atom. The molecule has 1 heterocycles. The van der Waals surface area contributed by atoms with Gasteiger partial charge < -0.3 is 46.7 Å². The van der Waals surface area contributed by atoms with Gasteiger partial charge in [-0.05, 0) is 50.1 Å². The highest BCUT2D eigenvalue weighted by molar-refractivity contribution is 5.98. The minimum Gasteiger partial charge on any atom is -0.416 e. The number of ether oxygens (including phenoxy) is 2. The molecule has 1 aliphatic rings. The van der Waals surface area contributed by atoms with E-state index in [2.05, 4.69) is 20.9 Å². The van der Waals surface area contributed by atoms with Gasteiger partial charge in [-0.1, -0.05) is 26.0 Å². The Morgan fingerprint density at radius 3 is 2.15 bits per heavy atom. The van der Waals surface area contributed by atoms with E-state index in [-0.39, 0.29) is 30.3 Å². The Labute approximate surface area is 277 Å². The Morgan fingerprint density at radius 2 is 1.58 bits per heavy atom. The molecule has 1 unspecified atom stereocenters. The minimum absolute atomic E-state index is 0.0177. The highest BCUT2D eigenvalue weighted by Gasteiger charge is 2.32. The molecule has 0 bridgehead atoms. The lowest BCUT2D eigenvalue weighted by molar-refractivity contribution is -0.384. The molecular formula is C31H42N8O9. The monoisotopic (exact) mass is 670 g/mol. The van der Waals surface area contributed by atoms with Crippen molar-refractivity contribution in [3.63, 3.8) is 0 Å². The number of piperazine rings is 1. The predicted octanol–water partition coefficient (Wildman–Crippen LogP) is 1.48. The molecular weight excluding hydrogens is 628 g/mol. The zero-order valence-electron chi connectivity index (χ0n) is 27.0. The van der Waals surface area contributed by atoms with Crippen LogP contribution in [-0.4, -0.2) is 96.5 Å². The Hall–Kier alpha value is -5.29. The summed E-state index contributed by atoms with van der Waals surface area (Å²) >= 11 is 0. The van der Waals surface area contributed by atoms with Crippen LogP contribution in [0.3, 0.4) is 0 Å². The number of benzene rings is 2. The molecule has 17 nitrogen and oxygen atoms in total. The minimum atomic E-state index is -1.40. The van der Waals surface area contributed by atoms with E-state index < -0.39 is 53.0 Å². The van der Waals surface area contributed by atoms with Crippen molar-refractivity contribution in [3.05, 3.63) is 64.2 Å². The van der Waals surface area contributed by atoms with Gasteiger partial charge >= 0.3 is 12.2 Å². The number of anilines is 1. The van der Waals surface area contributed by atoms with E-state index in [1.165, 1.54) is 36.4 Å². The zero-order valence-corrected chi connectivity index (χ0v) is 27.0. The third-order valence-corrected chi connectivity index (χ3v) is 7.61. The summed E-state index contributed by atoms with van der Waals surface area (Å²) in [5.41, 5.74) is 11.5. The number of primary amides is 1. The molecule has 0 radical (unpaired) electrons. The second kappa shape index (κ2) is 17.6. The smallest absolute Gasteiger partial charge is 0.416 e. The first kappa shape index (κ1) is 37.2. The molecule has 3 rings (SSSR count). The maximum absolute atomic E-state index is 13.6. The number of nitrogens with two attached hydrogens (primary N) is 2. The number of amides is 5. The number of hydrogen-bond donors (Lipinski definition) is 5. The normalized spacial score (nSPS) is 15.1. The molecule has 5 amide bonds. The molecule has 0 aliphatic carbocycles. The summed E-state index contributed by atoms with van der Waals surface area (Å²) in [5.74, 6) is -1.72. The summed E-state index contributed by atoms with van der Waals surface area (Å²) in [6.07, 6.45) is -2.09. The third kappa shape index (κ3) is 11.2. The number of rotatable bonds is 14. The van der Waals surface area contributed by atoms with Crippen molar-refractivity contribution in [3.8, 4) is 5.75 Å². The van der Waals surface area contributed by atoms with Crippen molar-refractivity contribution in [1.82, 2.24) is 20.4 Å². The molecule has 17 heteroatoms. The molecule has 0 spiro atoms. The van der Waals surface area contributed by atoms with Gasteiger partial charge in [-0.25, -0.2) is 9.59 Å². The van der Waals surface area contributed by atoms with Gasteiger partial charge in [-0.3, -0.25) is 24.5 Å². The van der Waals surface area contributed by atoms with Crippen LogP contribution in [0.2, 0.25) is 0 Å². The average Bonchev–Trinajstić information content (AvgIpc) is 3.05. The number of urea groups is 1. The maximum Gasteiger partial charge on any atom is 0.514 e. The van der Waals surface area contributed by atoms with Gasteiger partial charge in [-0.2, -0.15) is 0 Å². The molecule has 48 heavy (non-hydrogen) atoms. The summed E-state index contributed by atoms with van der Waals surface area (Å²) in [6.45, 7) is 5.79. The van der Waals surface area contributed by atoms with Gasteiger partial charge in [0, 0.05) is 56.1 Å². The summed E-state index contributed by atoms with van der Waals surface area (Å²) in [5, 5.41) is 18.8. The largest absolute Gasteiger partial charge is 0.514 e. The summed E-state index contributed by atoms with van der Waals surface area (Å²) in [7, 11) is 1.93. The number of carbonyl (C=O) groups is 5. The Kier molecular flexibility index (Phi) is 13.6. The summed E-state index contributed by atoms with van der Waals surface area (Å²) in [4.78, 5) is 77.2. The number of non-ortho nitro benzene ring substituents is 1. The van der Waals surface area contributed by atoms with E-state index in [0.29, 0.717) is 43.9 Å². The average molecular weight is 671 g/mol. The standard InChI is InChI=1S/C31H42N8O9/c1-19(2)25(32)28(41)36-24(5-4-14-34-30(33)43)27(40)35-21-8-6-20(7-9-21)26(29(42)38-17-15-37(3)16-18-38)48-31(44)47-23-12-10-22(11-13-23)39(45)46/h6-13,19,24-26H,4-5,14-18,32H2,1-3H3,(H,35,40)(H,36,41)(H3,33,34,43)/t24-,25-,26?/m0/s1. The highest BCUT2D eigenvalue weighted by Crippen LogP contribution is 2.25. The Balaban J connectivity index is 1.76. The lowest BCUT2D eigenvalue weighted by Crippen LogP contribution is -2.51. The van der Waals surface area contributed by atoms with Crippen LogP contribution in [0.15, 0.2) is 48.5 Å². The number of nitro benzene ring substituents is 1. The van der Waals surface area contributed by atoms with Crippen molar-refractivity contribution >= 4 is 41.3 Å². The first-order valence-corrected chi connectivity index (χ1v) is 15.4.